The van der Waals surface area contributed by atoms with Gasteiger partial charge >= 0.3 is 0 Å². The van der Waals surface area contributed by atoms with Crippen LogP contribution in [0.5, 0.6) is 5.75 Å². The van der Waals surface area contributed by atoms with Crippen molar-refractivity contribution in [2.75, 3.05) is 13.1 Å². The van der Waals surface area contributed by atoms with Gasteiger partial charge < -0.3 is 9.15 Å². The van der Waals surface area contributed by atoms with E-state index in [0.717, 1.165) is 42.6 Å². The Morgan fingerprint density at radius 1 is 0.966 bits per heavy atom. The zero-order chi connectivity index (χ0) is 19.5. The maximum atomic E-state index is 6.39. The van der Waals surface area contributed by atoms with Crippen molar-refractivity contribution in [3.63, 3.8) is 0 Å². The van der Waals surface area contributed by atoms with Crippen LogP contribution in [0.3, 0.4) is 0 Å². The number of hydrogen-bond donors (Lipinski definition) is 0. The molecule has 3 heteroatoms. The number of furan rings is 1. The summed E-state index contributed by atoms with van der Waals surface area (Å²) >= 11 is 0. The predicted octanol–water partition coefficient (Wildman–Crippen LogP) is 6.07. The Morgan fingerprint density at radius 3 is 2.83 bits per heavy atom. The van der Waals surface area contributed by atoms with Crippen molar-refractivity contribution in [1.29, 1.82) is 0 Å². The molecule has 2 atom stereocenters. The number of rotatable bonds is 5. The van der Waals surface area contributed by atoms with E-state index in [1.54, 1.807) is 6.26 Å². The highest BCUT2D eigenvalue weighted by atomic mass is 16.5. The number of nitrogens with zero attached hydrogens (tertiary/aromatic N) is 1. The lowest BCUT2D eigenvalue weighted by molar-refractivity contribution is 0.187. The van der Waals surface area contributed by atoms with Crippen LogP contribution in [0.1, 0.15) is 24.4 Å². The Morgan fingerprint density at radius 2 is 1.90 bits per heavy atom. The van der Waals surface area contributed by atoms with Gasteiger partial charge in [-0.05, 0) is 36.1 Å². The summed E-state index contributed by atoms with van der Waals surface area (Å²) in [5.41, 5.74) is 3.61. The first kappa shape index (κ1) is 18.0. The van der Waals surface area contributed by atoms with Gasteiger partial charge in [0.15, 0.2) is 11.3 Å². The van der Waals surface area contributed by atoms with E-state index < -0.39 is 0 Å². The Hall–Kier alpha value is -3.04. The molecular weight excluding hydrogens is 358 g/mol. The summed E-state index contributed by atoms with van der Waals surface area (Å²) in [5, 5.41) is 1.08. The van der Waals surface area contributed by atoms with Crippen LogP contribution < -0.4 is 4.74 Å². The SMILES string of the molecule is C1=CC=C(C(c2ccccc2)N2CCC(Oc3cccc4ccoc34)C2)CC=C1. The fraction of sp³-hybridized carbons (Fsp3) is 0.231. The van der Waals surface area contributed by atoms with Gasteiger partial charge in [0.25, 0.3) is 0 Å². The van der Waals surface area contributed by atoms with E-state index in [0.29, 0.717) is 0 Å². The molecular formula is C26H25NO2. The third kappa shape index (κ3) is 3.79. The molecule has 3 nitrogen and oxygen atoms in total. The van der Waals surface area contributed by atoms with Crippen molar-refractivity contribution in [3.05, 3.63) is 102 Å². The Balaban J connectivity index is 1.38. The maximum Gasteiger partial charge on any atom is 0.175 e. The lowest BCUT2D eigenvalue weighted by Gasteiger charge is -2.30. The van der Waals surface area contributed by atoms with E-state index >= 15 is 0 Å². The summed E-state index contributed by atoms with van der Waals surface area (Å²) in [6, 6.07) is 19.2. The van der Waals surface area contributed by atoms with Crippen LogP contribution in [0, 0.1) is 0 Å². The molecule has 0 spiro atoms. The Kier molecular flexibility index (Phi) is 5.06. The normalized spacial score (nSPS) is 20.6. The molecule has 2 heterocycles. The second-order valence-electron chi connectivity index (χ2n) is 7.69. The Labute approximate surface area is 171 Å². The van der Waals surface area contributed by atoms with Gasteiger partial charge in [0, 0.05) is 18.5 Å². The van der Waals surface area contributed by atoms with Crippen molar-refractivity contribution < 1.29 is 9.15 Å². The topological polar surface area (TPSA) is 25.6 Å². The average molecular weight is 383 g/mol. The van der Waals surface area contributed by atoms with Crippen molar-refractivity contribution in [1.82, 2.24) is 4.90 Å². The van der Waals surface area contributed by atoms with Gasteiger partial charge in [-0.3, -0.25) is 4.90 Å². The minimum Gasteiger partial charge on any atom is -0.485 e. The zero-order valence-corrected chi connectivity index (χ0v) is 16.4. The number of hydrogen-bond acceptors (Lipinski definition) is 3. The number of ether oxygens (including phenoxy) is 1. The average Bonchev–Trinajstić information content (AvgIpc) is 3.34. The third-order valence-corrected chi connectivity index (χ3v) is 5.77. The molecule has 29 heavy (non-hydrogen) atoms. The highest BCUT2D eigenvalue weighted by Crippen LogP contribution is 2.36. The number of para-hydroxylation sites is 1. The molecule has 1 aromatic heterocycles. The van der Waals surface area contributed by atoms with Crippen LogP contribution in [0.4, 0.5) is 0 Å². The summed E-state index contributed by atoms with van der Waals surface area (Å²) in [4.78, 5) is 2.56. The number of benzene rings is 2. The monoisotopic (exact) mass is 383 g/mol. The van der Waals surface area contributed by atoms with E-state index in [1.807, 2.05) is 18.2 Å². The van der Waals surface area contributed by atoms with E-state index in [1.165, 1.54) is 11.1 Å². The molecule has 146 valence electrons. The maximum absolute atomic E-state index is 6.39. The third-order valence-electron chi connectivity index (χ3n) is 5.77. The second-order valence-corrected chi connectivity index (χ2v) is 7.69. The second kappa shape index (κ2) is 8.14. The molecule has 0 radical (unpaired) electrons. The van der Waals surface area contributed by atoms with E-state index in [9.17, 15) is 0 Å². The molecule has 3 aromatic rings. The van der Waals surface area contributed by atoms with E-state index in [4.69, 9.17) is 9.15 Å². The van der Waals surface area contributed by atoms with Gasteiger partial charge in [0.2, 0.25) is 0 Å². The summed E-state index contributed by atoms with van der Waals surface area (Å²) in [6.45, 7) is 1.92. The van der Waals surface area contributed by atoms with Gasteiger partial charge in [0.1, 0.15) is 6.10 Å². The predicted molar refractivity (Wildman–Crippen MR) is 117 cm³/mol. The standard InChI is InChI=1S/C26H25NO2/c1-2-5-10-20(9-4-1)25(21-11-6-3-7-12-21)27-17-15-23(19-27)29-24-14-8-13-22-16-18-28-26(22)24/h1-9,11-14,16,18,23,25H,10,15,17,19H2. The minimum absolute atomic E-state index is 0.161. The fourth-order valence-electron chi connectivity index (χ4n) is 4.41. The molecule has 5 rings (SSSR count). The molecule has 0 amide bonds. The van der Waals surface area contributed by atoms with Gasteiger partial charge in [-0.2, -0.15) is 0 Å². The van der Waals surface area contributed by atoms with Gasteiger partial charge in [-0.1, -0.05) is 72.8 Å². The molecule has 1 saturated heterocycles. The van der Waals surface area contributed by atoms with E-state index in [-0.39, 0.29) is 12.1 Å². The lowest BCUT2D eigenvalue weighted by Crippen LogP contribution is -2.30. The summed E-state index contributed by atoms with van der Waals surface area (Å²) in [5.74, 6) is 0.843. The summed E-state index contributed by atoms with van der Waals surface area (Å²) in [7, 11) is 0. The van der Waals surface area contributed by atoms with Crippen LogP contribution in [0.2, 0.25) is 0 Å². The first-order valence-electron chi connectivity index (χ1n) is 10.3. The van der Waals surface area contributed by atoms with Crippen LogP contribution in [0.25, 0.3) is 11.0 Å². The van der Waals surface area contributed by atoms with Crippen molar-refractivity contribution in [3.8, 4) is 5.75 Å². The summed E-state index contributed by atoms with van der Waals surface area (Å²) in [6.07, 6.45) is 14.8. The molecule has 2 aliphatic rings. The number of allylic oxidation sites excluding steroid dienone is 5. The van der Waals surface area contributed by atoms with E-state index in [2.05, 4.69) is 71.7 Å². The van der Waals surface area contributed by atoms with Crippen molar-refractivity contribution in [2.45, 2.75) is 25.0 Å². The van der Waals surface area contributed by atoms with Crippen LogP contribution in [-0.2, 0) is 0 Å². The molecule has 0 saturated carbocycles. The fourth-order valence-corrected chi connectivity index (χ4v) is 4.41. The van der Waals surface area contributed by atoms with Crippen LogP contribution in [0.15, 0.2) is 101 Å². The quantitative estimate of drug-likeness (QED) is 0.535. The largest absolute Gasteiger partial charge is 0.485 e. The number of likely N-dealkylation sites (tertiary alicyclic amines) is 1. The molecule has 1 aliphatic heterocycles. The zero-order valence-electron chi connectivity index (χ0n) is 16.4. The lowest BCUT2D eigenvalue weighted by atomic mass is 9.94. The molecule has 1 aliphatic carbocycles. The Bertz CT molecular complexity index is 1060. The van der Waals surface area contributed by atoms with Gasteiger partial charge in [0.05, 0.1) is 12.3 Å². The van der Waals surface area contributed by atoms with Gasteiger partial charge in [-0.15, -0.1) is 0 Å². The molecule has 1 fully saturated rings. The summed E-state index contributed by atoms with van der Waals surface area (Å²) < 4.78 is 12.0. The molecule has 0 bridgehead atoms. The first-order valence-corrected chi connectivity index (χ1v) is 10.3. The van der Waals surface area contributed by atoms with Crippen molar-refractivity contribution >= 4 is 11.0 Å². The smallest absolute Gasteiger partial charge is 0.175 e. The molecule has 2 aromatic carbocycles. The molecule has 2 unspecified atom stereocenters. The highest BCUT2D eigenvalue weighted by Gasteiger charge is 2.32. The molecule has 0 N–H and O–H groups in total. The first-order chi connectivity index (χ1) is 14.4. The van der Waals surface area contributed by atoms with Crippen molar-refractivity contribution in [2.24, 2.45) is 0 Å². The van der Waals surface area contributed by atoms with Crippen LogP contribution in [-0.4, -0.2) is 24.1 Å². The van der Waals surface area contributed by atoms with Crippen LogP contribution >= 0.6 is 0 Å². The number of fused-ring (bicyclic) bond motifs is 1. The highest BCUT2D eigenvalue weighted by molar-refractivity contribution is 5.82. The van der Waals surface area contributed by atoms with Gasteiger partial charge in [-0.25, -0.2) is 0 Å². The minimum atomic E-state index is 0.161.